The zero-order valence-corrected chi connectivity index (χ0v) is 9.88. The Morgan fingerprint density at radius 3 is 2.73 bits per heavy atom. The van der Waals surface area contributed by atoms with Crippen LogP contribution in [0.15, 0.2) is 12.2 Å². The van der Waals surface area contributed by atoms with Crippen molar-refractivity contribution in [1.29, 1.82) is 0 Å². The lowest BCUT2D eigenvalue weighted by molar-refractivity contribution is -0.116. The monoisotopic (exact) mass is 214 g/mol. The smallest absolute Gasteiger partial charge is 0.243 e. The van der Waals surface area contributed by atoms with Gasteiger partial charge >= 0.3 is 0 Å². The number of hydrogen-bond acceptors (Lipinski definition) is 3. The van der Waals surface area contributed by atoms with Crippen molar-refractivity contribution < 1.29 is 9.53 Å². The van der Waals surface area contributed by atoms with Crippen LogP contribution in [0.25, 0.3) is 0 Å². The number of amides is 1. The average Bonchev–Trinajstić information content (AvgIpc) is 2.15. The lowest BCUT2D eigenvalue weighted by Crippen LogP contribution is -2.33. The van der Waals surface area contributed by atoms with E-state index in [0.717, 1.165) is 6.42 Å². The number of carbonyl (C=O) groups is 1. The van der Waals surface area contributed by atoms with E-state index in [1.165, 1.54) is 6.08 Å². The highest BCUT2D eigenvalue weighted by Gasteiger charge is 2.17. The van der Waals surface area contributed by atoms with Crippen LogP contribution < -0.4 is 11.1 Å². The summed E-state index contributed by atoms with van der Waals surface area (Å²) in [6, 6.07) is 0. The maximum absolute atomic E-state index is 11.1. The number of hydrogen-bond donors (Lipinski definition) is 2. The van der Waals surface area contributed by atoms with Crippen LogP contribution in [0.5, 0.6) is 0 Å². The van der Waals surface area contributed by atoms with Crippen LogP contribution in [-0.4, -0.2) is 31.2 Å². The van der Waals surface area contributed by atoms with E-state index < -0.39 is 0 Å². The molecule has 0 atom stereocenters. The standard InChI is InChI=1S/C11H22N2O2/c1-4-5-10(14)13-8-6-11(2,3)15-9-7-12/h4-5H,6-9,12H2,1-3H3,(H,13,14)/b5-4+. The summed E-state index contributed by atoms with van der Waals surface area (Å²) in [5.74, 6) is -0.0628. The van der Waals surface area contributed by atoms with Crippen LogP contribution in [0.3, 0.4) is 0 Å². The topological polar surface area (TPSA) is 64.3 Å². The molecule has 0 aliphatic carbocycles. The van der Waals surface area contributed by atoms with E-state index in [2.05, 4.69) is 5.32 Å². The molecule has 0 saturated heterocycles. The van der Waals surface area contributed by atoms with Gasteiger partial charge in [-0.25, -0.2) is 0 Å². The molecule has 0 bridgehead atoms. The summed E-state index contributed by atoms with van der Waals surface area (Å²) >= 11 is 0. The molecule has 4 nitrogen and oxygen atoms in total. The van der Waals surface area contributed by atoms with Crippen molar-refractivity contribution in [3.63, 3.8) is 0 Å². The Bertz CT molecular complexity index is 213. The number of nitrogens with two attached hydrogens (primary N) is 1. The first kappa shape index (κ1) is 14.1. The van der Waals surface area contributed by atoms with Crippen LogP contribution in [0, 0.1) is 0 Å². The Balaban J connectivity index is 3.69. The fourth-order valence-corrected chi connectivity index (χ4v) is 1.10. The second kappa shape index (κ2) is 7.43. The SMILES string of the molecule is C/C=C/C(=O)NCCC(C)(C)OCCN. The first-order valence-electron chi connectivity index (χ1n) is 5.26. The summed E-state index contributed by atoms with van der Waals surface area (Å²) in [5.41, 5.74) is 5.11. The van der Waals surface area contributed by atoms with Crippen LogP contribution in [0.2, 0.25) is 0 Å². The predicted molar refractivity (Wildman–Crippen MR) is 61.5 cm³/mol. The van der Waals surface area contributed by atoms with Crippen molar-refractivity contribution >= 4 is 5.91 Å². The normalized spacial score (nSPS) is 12.0. The number of nitrogens with one attached hydrogen (secondary N) is 1. The molecule has 0 aromatic rings. The fraction of sp³-hybridized carbons (Fsp3) is 0.727. The van der Waals surface area contributed by atoms with Crippen molar-refractivity contribution in [3.05, 3.63) is 12.2 Å². The van der Waals surface area contributed by atoms with Crippen molar-refractivity contribution in [2.24, 2.45) is 5.73 Å². The highest BCUT2D eigenvalue weighted by atomic mass is 16.5. The average molecular weight is 214 g/mol. The molecule has 0 spiro atoms. The molecule has 88 valence electrons. The maximum Gasteiger partial charge on any atom is 0.243 e. The first-order valence-corrected chi connectivity index (χ1v) is 5.26. The molecule has 0 unspecified atom stereocenters. The van der Waals surface area contributed by atoms with Gasteiger partial charge in [-0.05, 0) is 33.3 Å². The van der Waals surface area contributed by atoms with Gasteiger partial charge in [-0.15, -0.1) is 0 Å². The fourth-order valence-electron chi connectivity index (χ4n) is 1.10. The van der Waals surface area contributed by atoms with Crippen molar-refractivity contribution in [3.8, 4) is 0 Å². The lowest BCUT2D eigenvalue weighted by Gasteiger charge is -2.25. The molecule has 0 aromatic carbocycles. The van der Waals surface area contributed by atoms with Gasteiger partial charge in [0.2, 0.25) is 5.91 Å². The molecule has 0 aliphatic rings. The molecule has 4 heteroatoms. The van der Waals surface area contributed by atoms with Gasteiger partial charge in [0.25, 0.3) is 0 Å². The van der Waals surface area contributed by atoms with Crippen LogP contribution >= 0.6 is 0 Å². The molecular weight excluding hydrogens is 192 g/mol. The second-order valence-corrected chi connectivity index (χ2v) is 3.94. The number of rotatable bonds is 7. The molecule has 1 amide bonds. The molecule has 15 heavy (non-hydrogen) atoms. The van der Waals surface area contributed by atoms with Gasteiger partial charge in [-0.2, -0.15) is 0 Å². The van der Waals surface area contributed by atoms with Gasteiger partial charge < -0.3 is 15.8 Å². The minimum atomic E-state index is -0.234. The van der Waals surface area contributed by atoms with Crippen molar-refractivity contribution in [2.75, 3.05) is 19.7 Å². The second-order valence-electron chi connectivity index (χ2n) is 3.94. The van der Waals surface area contributed by atoms with Gasteiger partial charge in [-0.1, -0.05) is 6.08 Å². The van der Waals surface area contributed by atoms with Crippen molar-refractivity contribution in [1.82, 2.24) is 5.32 Å². The summed E-state index contributed by atoms with van der Waals surface area (Å²) < 4.78 is 5.53. The summed E-state index contributed by atoms with van der Waals surface area (Å²) in [5, 5.41) is 2.78. The van der Waals surface area contributed by atoms with Crippen LogP contribution in [-0.2, 0) is 9.53 Å². The molecule has 0 fully saturated rings. The Kier molecular flexibility index (Phi) is 6.99. The summed E-state index contributed by atoms with van der Waals surface area (Å²) in [6.07, 6.45) is 4.00. The van der Waals surface area contributed by atoms with Gasteiger partial charge in [0.1, 0.15) is 0 Å². The highest BCUT2D eigenvalue weighted by molar-refractivity contribution is 5.87. The van der Waals surface area contributed by atoms with E-state index in [0.29, 0.717) is 19.7 Å². The Morgan fingerprint density at radius 2 is 2.20 bits per heavy atom. The van der Waals surface area contributed by atoms with Crippen LogP contribution in [0.1, 0.15) is 27.2 Å². The van der Waals surface area contributed by atoms with E-state index in [1.54, 1.807) is 6.08 Å². The van der Waals surface area contributed by atoms with E-state index in [1.807, 2.05) is 20.8 Å². The third-order valence-corrected chi connectivity index (χ3v) is 1.95. The first-order chi connectivity index (χ1) is 7.02. The Morgan fingerprint density at radius 1 is 1.53 bits per heavy atom. The minimum Gasteiger partial charge on any atom is -0.374 e. The van der Waals surface area contributed by atoms with Gasteiger partial charge in [0.05, 0.1) is 12.2 Å². The molecular formula is C11H22N2O2. The number of allylic oxidation sites excluding steroid dienone is 1. The minimum absolute atomic E-state index is 0.0628. The largest absolute Gasteiger partial charge is 0.374 e. The van der Waals surface area contributed by atoms with Gasteiger partial charge in [0, 0.05) is 13.1 Å². The van der Waals surface area contributed by atoms with Crippen molar-refractivity contribution in [2.45, 2.75) is 32.8 Å². The summed E-state index contributed by atoms with van der Waals surface area (Å²) in [4.78, 5) is 11.1. The van der Waals surface area contributed by atoms with Gasteiger partial charge in [0.15, 0.2) is 0 Å². The predicted octanol–water partition coefficient (Wildman–Crippen LogP) is 0.823. The highest BCUT2D eigenvalue weighted by Crippen LogP contribution is 2.12. The quantitative estimate of drug-likeness (QED) is 0.617. The molecule has 0 radical (unpaired) electrons. The van der Waals surface area contributed by atoms with E-state index in [4.69, 9.17) is 10.5 Å². The van der Waals surface area contributed by atoms with E-state index >= 15 is 0 Å². The lowest BCUT2D eigenvalue weighted by atomic mass is 10.1. The van der Waals surface area contributed by atoms with E-state index in [-0.39, 0.29) is 11.5 Å². The third-order valence-electron chi connectivity index (χ3n) is 1.95. The Labute approximate surface area is 91.9 Å². The molecule has 0 aromatic heterocycles. The zero-order chi connectivity index (χ0) is 11.7. The molecule has 3 N–H and O–H groups in total. The van der Waals surface area contributed by atoms with Crippen LogP contribution in [0.4, 0.5) is 0 Å². The molecule has 0 rings (SSSR count). The zero-order valence-electron chi connectivity index (χ0n) is 9.88. The number of carbonyl (C=O) groups excluding carboxylic acids is 1. The summed E-state index contributed by atoms with van der Waals surface area (Å²) in [6.45, 7) is 7.48. The van der Waals surface area contributed by atoms with E-state index in [9.17, 15) is 4.79 Å². The Hall–Kier alpha value is -0.870. The third kappa shape index (κ3) is 8.15. The molecule has 0 saturated carbocycles. The molecule has 0 heterocycles. The maximum atomic E-state index is 11.1. The summed E-state index contributed by atoms with van der Waals surface area (Å²) in [7, 11) is 0. The molecule has 0 aliphatic heterocycles. The number of ether oxygens (including phenoxy) is 1. The van der Waals surface area contributed by atoms with Gasteiger partial charge in [-0.3, -0.25) is 4.79 Å².